The minimum Gasteiger partial charge on any atom is -0.394 e. The molecule has 0 radical (unpaired) electrons. The van der Waals surface area contributed by atoms with Crippen molar-refractivity contribution in [1.82, 2.24) is 4.90 Å². The summed E-state index contributed by atoms with van der Waals surface area (Å²) in [4.78, 5) is 1.73. The van der Waals surface area contributed by atoms with Gasteiger partial charge in [-0.05, 0) is 12.8 Å². The molecule has 1 N–H and O–H groups in total. The lowest BCUT2D eigenvalue weighted by Gasteiger charge is -2.27. The Bertz CT molecular complexity index is 159. The highest BCUT2D eigenvalue weighted by atomic mass is 16.5. The number of piperidine rings is 1. The molecule has 1 rings (SSSR count). The number of nitrogens with zero attached hydrogens (tertiary/aromatic N) is 2. The van der Waals surface area contributed by atoms with Gasteiger partial charge in [0.15, 0.2) is 6.19 Å². The first-order valence-electron chi connectivity index (χ1n) is 4.24. The van der Waals surface area contributed by atoms with Crippen molar-refractivity contribution in [1.29, 1.82) is 5.26 Å². The van der Waals surface area contributed by atoms with Crippen LogP contribution in [0.3, 0.4) is 0 Å². The van der Waals surface area contributed by atoms with Crippen LogP contribution in [0.5, 0.6) is 0 Å². The zero-order valence-electron chi connectivity index (χ0n) is 7.07. The monoisotopic (exact) mass is 170 g/mol. The van der Waals surface area contributed by atoms with Crippen LogP contribution in [0.25, 0.3) is 0 Å². The van der Waals surface area contributed by atoms with E-state index in [2.05, 4.69) is 6.19 Å². The lowest BCUT2D eigenvalue weighted by molar-refractivity contribution is 0.000102. The molecule has 0 aromatic heterocycles. The van der Waals surface area contributed by atoms with Crippen molar-refractivity contribution in [2.75, 3.05) is 26.3 Å². The topological polar surface area (TPSA) is 56.5 Å². The molecule has 0 unspecified atom stereocenters. The molecule has 1 heterocycles. The average Bonchev–Trinajstić information content (AvgIpc) is 2.15. The third kappa shape index (κ3) is 2.68. The summed E-state index contributed by atoms with van der Waals surface area (Å²) in [5.74, 6) is 0. The van der Waals surface area contributed by atoms with Crippen molar-refractivity contribution < 1.29 is 9.84 Å². The number of aliphatic hydroxyl groups excluding tert-OH is 1. The second-order valence-corrected chi connectivity index (χ2v) is 2.88. The predicted octanol–water partition coefficient (Wildman–Crippen LogP) is -0.0592. The first kappa shape index (κ1) is 9.30. The molecule has 12 heavy (non-hydrogen) atoms. The van der Waals surface area contributed by atoms with E-state index in [0.717, 1.165) is 25.9 Å². The third-order valence-electron chi connectivity index (χ3n) is 2.03. The van der Waals surface area contributed by atoms with Crippen LogP contribution >= 0.6 is 0 Å². The zero-order chi connectivity index (χ0) is 8.81. The maximum Gasteiger partial charge on any atom is 0.179 e. The fourth-order valence-electron chi connectivity index (χ4n) is 1.34. The van der Waals surface area contributed by atoms with Crippen LogP contribution < -0.4 is 0 Å². The Morgan fingerprint density at radius 2 is 2.17 bits per heavy atom. The molecule has 0 saturated carbocycles. The molecule has 1 aliphatic heterocycles. The van der Waals surface area contributed by atoms with Gasteiger partial charge in [0.2, 0.25) is 0 Å². The van der Waals surface area contributed by atoms with Crippen LogP contribution in [-0.2, 0) is 4.74 Å². The second kappa shape index (κ2) is 4.96. The summed E-state index contributed by atoms with van der Waals surface area (Å²) in [6.07, 6.45) is 4.14. The number of aliphatic hydroxyl groups is 1. The molecular weight excluding hydrogens is 156 g/mol. The van der Waals surface area contributed by atoms with E-state index in [4.69, 9.17) is 15.1 Å². The van der Waals surface area contributed by atoms with Crippen molar-refractivity contribution in [2.24, 2.45) is 0 Å². The van der Waals surface area contributed by atoms with Gasteiger partial charge in [-0.25, -0.2) is 0 Å². The summed E-state index contributed by atoms with van der Waals surface area (Å²) in [7, 11) is 0. The van der Waals surface area contributed by atoms with Gasteiger partial charge in [-0.2, -0.15) is 5.26 Å². The van der Waals surface area contributed by atoms with E-state index >= 15 is 0 Å². The zero-order valence-corrected chi connectivity index (χ0v) is 7.07. The number of likely N-dealkylation sites (tertiary alicyclic amines) is 1. The van der Waals surface area contributed by atoms with Gasteiger partial charge in [0.1, 0.15) is 0 Å². The highest BCUT2D eigenvalue weighted by molar-refractivity contribution is 4.80. The maximum atomic E-state index is 8.55. The van der Waals surface area contributed by atoms with E-state index in [1.807, 2.05) is 0 Å². The number of nitriles is 1. The van der Waals surface area contributed by atoms with Gasteiger partial charge in [0.25, 0.3) is 0 Å². The third-order valence-corrected chi connectivity index (χ3v) is 2.03. The normalized spacial score (nSPS) is 19.2. The van der Waals surface area contributed by atoms with Crippen LogP contribution in [0.2, 0.25) is 0 Å². The molecular formula is C8H14N2O2. The van der Waals surface area contributed by atoms with E-state index in [1.54, 1.807) is 4.90 Å². The summed E-state index contributed by atoms with van der Waals surface area (Å²) in [6, 6.07) is 0. The van der Waals surface area contributed by atoms with Gasteiger partial charge < -0.3 is 14.7 Å². The Balaban J connectivity index is 2.14. The molecule has 1 aliphatic rings. The van der Waals surface area contributed by atoms with E-state index in [0.29, 0.717) is 6.61 Å². The van der Waals surface area contributed by atoms with Gasteiger partial charge in [-0.1, -0.05) is 0 Å². The fourth-order valence-corrected chi connectivity index (χ4v) is 1.34. The summed E-state index contributed by atoms with van der Waals surface area (Å²) < 4.78 is 5.34. The van der Waals surface area contributed by atoms with Crippen molar-refractivity contribution in [2.45, 2.75) is 18.9 Å². The van der Waals surface area contributed by atoms with E-state index < -0.39 is 0 Å². The maximum absolute atomic E-state index is 8.55. The molecule has 0 bridgehead atoms. The van der Waals surface area contributed by atoms with Gasteiger partial charge in [-0.15, -0.1) is 0 Å². The van der Waals surface area contributed by atoms with Gasteiger partial charge >= 0.3 is 0 Å². The van der Waals surface area contributed by atoms with Crippen LogP contribution in [-0.4, -0.2) is 42.4 Å². The van der Waals surface area contributed by atoms with Crippen LogP contribution in [0.1, 0.15) is 12.8 Å². The Labute approximate surface area is 72.3 Å². The van der Waals surface area contributed by atoms with Crippen molar-refractivity contribution in [3.8, 4) is 6.19 Å². The molecule has 1 fully saturated rings. The molecule has 0 amide bonds. The van der Waals surface area contributed by atoms with Crippen molar-refractivity contribution in [3.63, 3.8) is 0 Å². The molecule has 68 valence electrons. The molecule has 0 aromatic rings. The average molecular weight is 170 g/mol. The predicted molar refractivity (Wildman–Crippen MR) is 43.2 cm³/mol. The minimum atomic E-state index is 0.0818. The number of hydrogen-bond donors (Lipinski definition) is 1. The number of rotatable bonds is 3. The molecule has 0 spiro atoms. The lowest BCUT2D eigenvalue weighted by Crippen LogP contribution is -2.34. The minimum absolute atomic E-state index is 0.0818. The molecule has 0 aromatic carbocycles. The smallest absolute Gasteiger partial charge is 0.179 e. The number of hydrogen-bond acceptors (Lipinski definition) is 4. The first-order chi connectivity index (χ1) is 5.86. The summed E-state index contributed by atoms with van der Waals surface area (Å²) in [5.41, 5.74) is 0. The molecule has 0 aliphatic carbocycles. The Morgan fingerprint density at radius 3 is 2.67 bits per heavy atom. The Hall–Kier alpha value is -0.790. The fraction of sp³-hybridized carbons (Fsp3) is 0.875. The quantitative estimate of drug-likeness (QED) is 0.603. The number of ether oxygens (including phenoxy) is 1. The van der Waals surface area contributed by atoms with Crippen molar-refractivity contribution >= 4 is 0 Å². The first-order valence-corrected chi connectivity index (χ1v) is 4.24. The van der Waals surface area contributed by atoms with E-state index in [-0.39, 0.29) is 12.7 Å². The second-order valence-electron chi connectivity index (χ2n) is 2.88. The Kier molecular flexibility index (Phi) is 3.85. The largest absolute Gasteiger partial charge is 0.394 e. The highest BCUT2D eigenvalue weighted by Crippen LogP contribution is 2.12. The van der Waals surface area contributed by atoms with E-state index in [1.165, 1.54) is 0 Å². The molecule has 4 heteroatoms. The summed E-state index contributed by atoms with van der Waals surface area (Å²) in [6.45, 7) is 2.06. The van der Waals surface area contributed by atoms with Gasteiger partial charge in [0, 0.05) is 13.1 Å². The molecule has 0 atom stereocenters. The molecule has 4 nitrogen and oxygen atoms in total. The lowest BCUT2D eigenvalue weighted by atomic mass is 10.1. The highest BCUT2D eigenvalue weighted by Gasteiger charge is 2.17. The van der Waals surface area contributed by atoms with Crippen LogP contribution in [0.15, 0.2) is 0 Å². The van der Waals surface area contributed by atoms with Gasteiger partial charge in [0.05, 0.1) is 19.3 Å². The SMILES string of the molecule is N#CN1CCC(OCCO)CC1. The van der Waals surface area contributed by atoms with Crippen molar-refractivity contribution in [3.05, 3.63) is 0 Å². The van der Waals surface area contributed by atoms with Gasteiger partial charge in [-0.3, -0.25) is 0 Å². The summed E-state index contributed by atoms with van der Waals surface area (Å²) >= 11 is 0. The molecule has 1 saturated heterocycles. The standard InChI is InChI=1S/C8H14N2O2/c9-7-10-3-1-8(2-4-10)12-6-5-11/h8,11H,1-6H2. The van der Waals surface area contributed by atoms with Crippen LogP contribution in [0.4, 0.5) is 0 Å². The summed E-state index contributed by atoms with van der Waals surface area (Å²) in [5, 5.41) is 17.1. The Morgan fingerprint density at radius 1 is 1.50 bits per heavy atom. The van der Waals surface area contributed by atoms with Crippen LogP contribution in [0, 0.1) is 11.5 Å². The van der Waals surface area contributed by atoms with E-state index in [9.17, 15) is 0 Å².